The predicted octanol–water partition coefficient (Wildman–Crippen LogP) is -2.21. The monoisotopic (exact) mass is 243 g/mol. The lowest BCUT2D eigenvalue weighted by atomic mass is 10.3. The number of rotatable bonds is 4. The van der Waals surface area contributed by atoms with E-state index in [0.717, 1.165) is 6.41 Å². The maximum absolute atomic E-state index is 11.6. The Morgan fingerprint density at radius 3 is 2.41 bits per heavy atom. The van der Waals surface area contributed by atoms with Crippen molar-refractivity contribution in [3.63, 3.8) is 0 Å². The molecule has 0 aromatic heterocycles. The third-order valence-corrected chi connectivity index (χ3v) is 2.57. The highest BCUT2D eigenvalue weighted by molar-refractivity contribution is 6.35. The molecule has 1 aliphatic rings. The highest BCUT2D eigenvalue weighted by Crippen LogP contribution is 1.99. The van der Waals surface area contributed by atoms with Gasteiger partial charge in [-0.1, -0.05) is 0 Å². The van der Waals surface area contributed by atoms with Gasteiger partial charge >= 0.3 is 11.8 Å². The fraction of sp³-hybridized carbons (Fsp3) is 0.700. The molecule has 0 aromatic carbocycles. The van der Waals surface area contributed by atoms with Gasteiger partial charge in [-0.05, 0) is 6.42 Å². The van der Waals surface area contributed by atoms with Gasteiger partial charge in [0.2, 0.25) is 6.41 Å². The highest BCUT2D eigenvalue weighted by atomic mass is 16.3. The lowest BCUT2D eigenvalue weighted by Gasteiger charge is -2.31. The summed E-state index contributed by atoms with van der Waals surface area (Å²) in [4.78, 5) is 36.5. The van der Waals surface area contributed by atoms with Crippen molar-refractivity contribution >= 4 is 18.2 Å². The van der Waals surface area contributed by atoms with E-state index in [1.807, 2.05) is 0 Å². The molecule has 3 amide bonds. The van der Waals surface area contributed by atoms with Gasteiger partial charge in [0.25, 0.3) is 0 Å². The van der Waals surface area contributed by atoms with Gasteiger partial charge in [0.15, 0.2) is 0 Å². The molecule has 7 heteroatoms. The molecule has 0 aromatic rings. The molecule has 1 saturated heterocycles. The van der Waals surface area contributed by atoms with Crippen molar-refractivity contribution in [1.29, 1.82) is 0 Å². The minimum atomic E-state index is -0.655. The van der Waals surface area contributed by atoms with Crippen LogP contribution in [0.2, 0.25) is 0 Å². The number of aliphatic hydroxyl groups excluding tert-OH is 1. The van der Waals surface area contributed by atoms with Crippen LogP contribution in [0.3, 0.4) is 0 Å². The highest BCUT2D eigenvalue weighted by Gasteiger charge is 2.24. The number of carbonyl (C=O) groups is 3. The molecule has 1 heterocycles. The van der Waals surface area contributed by atoms with Gasteiger partial charge in [-0.25, -0.2) is 0 Å². The molecular weight excluding hydrogens is 226 g/mol. The van der Waals surface area contributed by atoms with E-state index in [-0.39, 0.29) is 13.2 Å². The number of hydrogen-bond donors (Lipinski definition) is 2. The van der Waals surface area contributed by atoms with Crippen molar-refractivity contribution in [2.75, 3.05) is 39.3 Å². The molecule has 0 saturated carbocycles. The predicted molar refractivity (Wildman–Crippen MR) is 58.9 cm³/mol. The summed E-state index contributed by atoms with van der Waals surface area (Å²) in [6.07, 6.45) is 1.17. The number of hydrogen-bond acceptors (Lipinski definition) is 4. The van der Waals surface area contributed by atoms with Gasteiger partial charge in [-0.2, -0.15) is 0 Å². The first kappa shape index (κ1) is 13.4. The summed E-state index contributed by atoms with van der Waals surface area (Å²) in [5.41, 5.74) is 0. The second kappa shape index (κ2) is 6.85. The van der Waals surface area contributed by atoms with Gasteiger partial charge in [-0.3, -0.25) is 14.4 Å². The van der Waals surface area contributed by atoms with Crippen LogP contribution >= 0.6 is 0 Å². The van der Waals surface area contributed by atoms with E-state index in [9.17, 15) is 14.4 Å². The number of carbonyl (C=O) groups excluding carboxylic acids is 3. The average Bonchev–Trinajstić information content (AvgIpc) is 2.38. The molecule has 0 aliphatic carbocycles. The van der Waals surface area contributed by atoms with E-state index >= 15 is 0 Å². The lowest BCUT2D eigenvalue weighted by molar-refractivity contribution is -0.147. The molecule has 2 N–H and O–H groups in total. The van der Waals surface area contributed by atoms with Crippen molar-refractivity contribution in [2.24, 2.45) is 0 Å². The summed E-state index contributed by atoms with van der Waals surface area (Å²) in [5.74, 6) is -1.23. The maximum Gasteiger partial charge on any atom is 0.312 e. The molecule has 0 atom stereocenters. The van der Waals surface area contributed by atoms with Crippen LogP contribution in [0.25, 0.3) is 0 Å². The molecular formula is C10H17N3O4. The summed E-state index contributed by atoms with van der Waals surface area (Å²) in [7, 11) is 0. The van der Waals surface area contributed by atoms with Crippen molar-refractivity contribution in [3.8, 4) is 0 Å². The lowest BCUT2D eigenvalue weighted by Crippen LogP contribution is -2.52. The van der Waals surface area contributed by atoms with Crippen LogP contribution in [-0.2, 0) is 14.4 Å². The Morgan fingerprint density at radius 1 is 1.24 bits per heavy atom. The van der Waals surface area contributed by atoms with Crippen molar-refractivity contribution in [3.05, 3.63) is 0 Å². The Hall–Kier alpha value is -1.63. The molecule has 96 valence electrons. The smallest absolute Gasteiger partial charge is 0.312 e. The average molecular weight is 243 g/mol. The first-order valence-corrected chi connectivity index (χ1v) is 5.56. The van der Waals surface area contributed by atoms with Gasteiger partial charge in [0.1, 0.15) is 0 Å². The fourth-order valence-corrected chi connectivity index (χ4v) is 1.53. The second-order valence-electron chi connectivity index (χ2n) is 3.77. The summed E-state index contributed by atoms with van der Waals surface area (Å²) in [6, 6.07) is 0. The summed E-state index contributed by atoms with van der Waals surface area (Å²) in [5, 5.41) is 11.0. The van der Waals surface area contributed by atoms with Crippen molar-refractivity contribution < 1.29 is 19.5 Å². The molecule has 1 aliphatic heterocycles. The topological polar surface area (TPSA) is 90.0 Å². The zero-order chi connectivity index (χ0) is 12.7. The van der Waals surface area contributed by atoms with E-state index in [1.165, 1.54) is 4.90 Å². The first-order chi connectivity index (χ1) is 8.19. The van der Waals surface area contributed by atoms with Crippen LogP contribution in [0.4, 0.5) is 0 Å². The minimum absolute atomic E-state index is 0.0213. The molecule has 7 nitrogen and oxygen atoms in total. The summed E-state index contributed by atoms with van der Waals surface area (Å²) in [6.45, 7) is 1.94. The van der Waals surface area contributed by atoms with Crippen LogP contribution in [0.5, 0.6) is 0 Å². The molecule has 17 heavy (non-hydrogen) atoms. The third-order valence-electron chi connectivity index (χ3n) is 2.57. The number of nitrogens with zero attached hydrogens (tertiary/aromatic N) is 2. The Bertz CT molecular complexity index is 287. The minimum Gasteiger partial charge on any atom is -0.396 e. The van der Waals surface area contributed by atoms with Crippen LogP contribution in [0, 0.1) is 0 Å². The number of aliphatic hydroxyl groups is 1. The Balaban J connectivity index is 2.32. The van der Waals surface area contributed by atoms with Crippen molar-refractivity contribution in [1.82, 2.24) is 15.1 Å². The van der Waals surface area contributed by atoms with E-state index in [1.54, 1.807) is 4.90 Å². The molecule has 0 radical (unpaired) electrons. The number of nitrogens with one attached hydrogen (secondary N) is 1. The van der Waals surface area contributed by atoms with Gasteiger partial charge < -0.3 is 20.2 Å². The van der Waals surface area contributed by atoms with E-state index in [4.69, 9.17) is 5.11 Å². The summed E-state index contributed by atoms with van der Waals surface area (Å²) >= 11 is 0. The van der Waals surface area contributed by atoms with Crippen LogP contribution < -0.4 is 5.32 Å². The normalized spacial score (nSPS) is 15.6. The first-order valence-electron chi connectivity index (χ1n) is 5.56. The van der Waals surface area contributed by atoms with E-state index < -0.39 is 11.8 Å². The number of piperazine rings is 1. The van der Waals surface area contributed by atoms with Crippen LogP contribution in [-0.4, -0.2) is 72.5 Å². The molecule has 1 rings (SSSR count). The molecule has 0 spiro atoms. The summed E-state index contributed by atoms with van der Waals surface area (Å²) < 4.78 is 0. The second-order valence-corrected chi connectivity index (χ2v) is 3.77. The largest absolute Gasteiger partial charge is 0.396 e. The van der Waals surface area contributed by atoms with Gasteiger partial charge in [-0.15, -0.1) is 0 Å². The third kappa shape index (κ3) is 4.03. The van der Waals surface area contributed by atoms with E-state index in [2.05, 4.69) is 5.32 Å². The van der Waals surface area contributed by atoms with Crippen LogP contribution in [0.1, 0.15) is 6.42 Å². The fourth-order valence-electron chi connectivity index (χ4n) is 1.53. The van der Waals surface area contributed by atoms with E-state index in [0.29, 0.717) is 32.6 Å². The van der Waals surface area contributed by atoms with Gasteiger partial charge in [0, 0.05) is 39.3 Å². The molecule has 0 unspecified atom stereocenters. The number of amides is 3. The molecule has 1 fully saturated rings. The Labute approximate surface area is 99.4 Å². The van der Waals surface area contributed by atoms with Crippen molar-refractivity contribution in [2.45, 2.75) is 6.42 Å². The SMILES string of the molecule is O=CN1CCN(C(=O)C(=O)NCCCO)CC1. The van der Waals surface area contributed by atoms with Crippen LogP contribution in [0.15, 0.2) is 0 Å². The maximum atomic E-state index is 11.6. The standard InChI is InChI=1S/C10H17N3O4/c14-7-1-2-11-9(16)10(17)13-5-3-12(8-15)4-6-13/h8,14H,1-7H2,(H,11,16). The zero-order valence-electron chi connectivity index (χ0n) is 9.59. The molecule has 0 bridgehead atoms. The Morgan fingerprint density at radius 2 is 1.88 bits per heavy atom. The quantitative estimate of drug-likeness (QED) is 0.333. The Kier molecular flexibility index (Phi) is 5.41. The van der Waals surface area contributed by atoms with Gasteiger partial charge in [0.05, 0.1) is 0 Å². The zero-order valence-corrected chi connectivity index (χ0v) is 9.59.